The standard InChI is InChI=1S/C17H19FN2O3/c1-17(2)10-19-7-11(9-23-17)14(18)8-20-15(21)12-5-3-4-6-13(12)16(20)22/h3-6,19H,7-10H2,1-2H3/b14-11+. The van der Waals surface area contributed by atoms with Crippen molar-refractivity contribution in [2.45, 2.75) is 19.4 Å². The number of carbonyl (C=O) groups is 2. The predicted molar refractivity (Wildman–Crippen MR) is 82.8 cm³/mol. The van der Waals surface area contributed by atoms with Crippen LogP contribution in [0, 0.1) is 0 Å². The van der Waals surface area contributed by atoms with Crippen molar-refractivity contribution in [1.82, 2.24) is 10.2 Å². The Morgan fingerprint density at radius 3 is 2.48 bits per heavy atom. The maximum atomic E-state index is 14.6. The SMILES string of the molecule is CC1(C)CNC/C(=C(\F)CN2C(=O)c3ccccc3C2=O)CO1. The normalized spacial score (nSPS) is 22.8. The molecule has 2 aliphatic heterocycles. The van der Waals surface area contributed by atoms with Crippen LogP contribution in [0.5, 0.6) is 0 Å². The van der Waals surface area contributed by atoms with Crippen molar-refractivity contribution in [2.24, 2.45) is 0 Å². The molecule has 2 heterocycles. The lowest BCUT2D eigenvalue weighted by molar-refractivity contribution is 0.00521. The Balaban J connectivity index is 1.79. The Bertz CT molecular complexity index is 662. The number of carbonyl (C=O) groups excluding carboxylic acids is 2. The number of nitrogens with zero attached hydrogens (tertiary/aromatic N) is 1. The zero-order valence-electron chi connectivity index (χ0n) is 13.2. The molecule has 1 N–H and O–H groups in total. The number of amides is 2. The predicted octanol–water partition coefficient (Wildman–Crippen LogP) is 1.90. The van der Waals surface area contributed by atoms with Gasteiger partial charge in [0.15, 0.2) is 0 Å². The summed E-state index contributed by atoms with van der Waals surface area (Å²) in [6, 6.07) is 6.54. The van der Waals surface area contributed by atoms with Crippen molar-refractivity contribution in [1.29, 1.82) is 0 Å². The van der Waals surface area contributed by atoms with E-state index in [2.05, 4.69) is 5.32 Å². The van der Waals surface area contributed by atoms with Crippen molar-refractivity contribution in [3.8, 4) is 0 Å². The van der Waals surface area contributed by atoms with Crippen LogP contribution in [0.2, 0.25) is 0 Å². The summed E-state index contributed by atoms with van der Waals surface area (Å²) >= 11 is 0. The number of benzene rings is 1. The Labute approximate surface area is 134 Å². The maximum Gasteiger partial charge on any atom is 0.261 e. The first-order chi connectivity index (χ1) is 10.9. The molecule has 2 amide bonds. The number of nitrogens with one attached hydrogen (secondary N) is 1. The lowest BCUT2D eigenvalue weighted by atomic mass is 10.1. The van der Waals surface area contributed by atoms with E-state index in [1.807, 2.05) is 13.8 Å². The summed E-state index contributed by atoms with van der Waals surface area (Å²) in [4.78, 5) is 25.5. The van der Waals surface area contributed by atoms with Gasteiger partial charge in [-0.1, -0.05) is 12.1 Å². The van der Waals surface area contributed by atoms with Crippen molar-refractivity contribution in [3.63, 3.8) is 0 Å². The molecule has 0 radical (unpaired) electrons. The summed E-state index contributed by atoms with van der Waals surface area (Å²) in [6.07, 6.45) is 0. The largest absolute Gasteiger partial charge is 0.370 e. The molecule has 1 saturated heterocycles. The minimum atomic E-state index is -0.496. The van der Waals surface area contributed by atoms with Gasteiger partial charge in [0, 0.05) is 18.7 Å². The quantitative estimate of drug-likeness (QED) is 0.846. The van der Waals surface area contributed by atoms with Crippen LogP contribution in [0.4, 0.5) is 4.39 Å². The van der Waals surface area contributed by atoms with E-state index in [-0.39, 0.29) is 18.8 Å². The molecule has 1 fully saturated rings. The monoisotopic (exact) mass is 318 g/mol. The number of imide groups is 1. The van der Waals surface area contributed by atoms with Gasteiger partial charge in [-0.05, 0) is 26.0 Å². The number of rotatable bonds is 2. The minimum Gasteiger partial charge on any atom is -0.370 e. The first kappa shape index (κ1) is 15.8. The molecule has 2 aliphatic rings. The molecule has 3 rings (SSSR count). The van der Waals surface area contributed by atoms with Crippen molar-refractivity contribution in [2.75, 3.05) is 26.2 Å². The highest BCUT2D eigenvalue weighted by atomic mass is 19.1. The summed E-state index contributed by atoms with van der Waals surface area (Å²) in [5.74, 6) is -1.40. The molecule has 6 heteroatoms. The van der Waals surface area contributed by atoms with Crippen molar-refractivity contribution >= 4 is 11.8 Å². The number of fused-ring (bicyclic) bond motifs is 1. The maximum absolute atomic E-state index is 14.6. The molecule has 0 atom stereocenters. The van der Waals surface area contributed by atoms with Gasteiger partial charge in [-0.2, -0.15) is 0 Å². The Kier molecular flexibility index (Phi) is 4.04. The molecular weight excluding hydrogens is 299 g/mol. The van der Waals surface area contributed by atoms with Gasteiger partial charge in [0.25, 0.3) is 11.8 Å². The number of hydrogen-bond acceptors (Lipinski definition) is 4. The highest BCUT2D eigenvalue weighted by molar-refractivity contribution is 6.21. The van der Waals surface area contributed by atoms with E-state index < -0.39 is 17.6 Å². The van der Waals surface area contributed by atoms with Gasteiger partial charge >= 0.3 is 0 Å². The van der Waals surface area contributed by atoms with Crippen LogP contribution in [0.25, 0.3) is 0 Å². The number of ether oxygens (including phenoxy) is 1. The second-order valence-electron chi connectivity index (χ2n) is 6.40. The lowest BCUT2D eigenvalue weighted by Gasteiger charge is -2.22. The molecule has 0 saturated carbocycles. The van der Waals surface area contributed by atoms with Gasteiger partial charge in [-0.15, -0.1) is 0 Å². The fourth-order valence-electron chi connectivity index (χ4n) is 2.71. The summed E-state index contributed by atoms with van der Waals surface area (Å²) in [5.41, 5.74) is 0.711. The van der Waals surface area contributed by atoms with Gasteiger partial charge in [0.05, 0.1) is 29.9 Å². The van der Waals surface area contributed by atoms with E-state index >= 15 is 0 Å². The average molecular weight is 318 g/mol. The van der Waals surface area contributed by atoms with E-state index in [0.717, 1.165) is 4.90 Å². The van der Waals surface area contributed by atoms with E-state index in [1.54, 1.807) is 24.3 Å². The fraction of sp³-hybridized carbons (Fsp3) is 0.412. The molecule has 122 valence electrons. The van der Waals surface area contributed by atoms with Gasteiger partial charge in [-0.25, -0.2) is 4.39 Å². The van der Waals surface area contributed by atoms with E-state index in [4.69, 9.17) is 4.74 Å². The van der Waals surface area contributed by atoms with Gasteiger partial charge in [0.2, 0.25) is 0 Å². The fourth-order valence-corrected chi connectivity index (χ4v) is 2.71. The zero-order chi connectivity index (χ0) is 16.6. The second kappa shape index (κ2) is 5.86. The average Bonchev–Trinajstić information content (AvgIpc) is 2.66. The van der Waals surface area contributed by atoms with Gasteiger partial charge < -0.3 is 10.1 Å². The zero-order valence-corrected chi connectivity index (χ0v) is 13.2. The highest BCUT2D eigenvalue weighted by Gasteiger charge is 2.36. The molecule has 1 aromatic carbocycles. The highest BCUT2D eigenvalue weighted by Crippen LogP contribution is 2.25. The molecule has 1 aromatic rings. The Morgan fingerprint density at radius 1 is 1.26 bits per heavy atom. The van der Waals surface area contributed by atoms with E-state index in [9.17, 15) is 14.0 Å². The summed E-state index contributed by atoms with van der Waals surface area (Å²) in [7, 11) is 0. The van der Waals surface area contributed by atoms with Crippen LogP contribution < -0.4 is 5.32 Å². The molecule has 0 aromatic heterocycles. The third-order valence-corrected chi connectivity index (χ3v) is 4.08. The number of halogens is 1. The molecule has 5 nitrogen and oxygen atoms in total. The molecule has 0 aliphatic carbocycles. The van der Waals surface area contributed by atoms with Crippen LogP contribution in [0.3, 0.4) is 0 Å². The molecule has 0 unspecified atom stereocenters. The van der Waals surface area contributed by atoms with E-state index in [1.165, 1.54) is 0 Å². The first-order valence-corrected chi connectivity index (χ1v) is 7.55. The topological polar surface area (TPSA) is 58.6 Å². The smallest absolute Gasteiger partial charge is 0.261 e. The summed E-state index contributed by atoms with van der Waals surface area (Å²) in [5, 5.41) is 3.12. The van der Waals surface area contributed by atoms with Crippen molar-refractivity contribution in [3.05, 3.63) is 46.8 Å². The number of hydrogen-bond donors (Lipinski definition) is 1. The lowest BCUT2D eigenvalue weighted by Crippen LogP contribution is -2.34. The van der Waals surface area contributed by atoms with Gasteiger partial charge in [-0.3, -0.25) is 14.5 Å². The van der Waals surface area contributed by atoms with Crippen molar-refractivity contribution < 1.29 is 18.7 Å². The molecule has 0 bridgehead atoms. The third kappa shape index (κ3) is 3.04. The van der Waals surface area contributed by atoms with Crippen LogP contribution in [0.15, 0.2) is 35.7 Å². The van der Waals surface area contributed by atoms with Crippen LogP contribution >= 0.6 is 0 Å². The van der Waals surface area contributed by atoms with E-state index in [0.29, 0.717) is 29.8 Å². The first-order valence-electron chi connectivity index (χ1n) is 7.55. The Morgan fingerprint density at radius 2 is 1.87 bits per heavy atom. The summed E-state index contributed by atoms with van der Waals surface area (Å²) in [6.45, 7) is 4.59. The van der Waals surface area contributed by atoms with Crippen LogP contribution in [0.1, 0.15) is 34.6 Å². The van der Waals surface area contributed by atoms with Crippen LogP contribution in [-0.4, -0.2) is 48.6 Å². The van der Waals surface area contributed by atoms with Gasteiger partial charge in [0.1, 0.15) is 5.83 Å². The molecular formula is C17H19FN2O3. The molecule has 23 heavy (non-hydrogen) atoms. The minimum absolute atomic E-state index is 0.148. The van der Waals surface area contributed by atoms with Crippen LogP contribution in [-0.2, 0) is 4.74 Å². The summed E-state index contributed by atoms with van der Waals surface area (Å²) < 4.78 is 20.2. The second-order valence-corrected chi connectivity index (χ2v) is 6.40. The third-order valence-electron chi connectivity index (χ3n) is 4.08. The Hall–Kier alpha value is -2.05. The molecule has 0 spiro atoms.